The van der Waals surface area contributed by atoms with Gasteiger partial charge in [-0.3, -0.25) is 0 Å². The summed E-state index contributed by atoms with van der Waals surface area (Å²) in [5.74, 6) is 0. The van der Waals surface area contributed by atoms with Crippen LogP contribution < -0.4 is 5.63 Å². The molecule has 2 nitrogen and oxygen atoms in total. The van der Waals surface area contributed by atoms with Gasteiger partial charge in [-0.25, -0.2) is 4.79 Å². The summed E-state index contributed by atoms with van der Waals surface area (Å²) in [7, 11) is 0. The van der Waals surface area contributed by atoms with E-state index in [0.29, 0.717) is 37.2 Å². The zero-order valence-electron chi connectivity index (χ0n) is 10.9. The van der Waals surface area contributed by atoms with Gasteiger partial charge in [-0.1, -0.05) is 53.0 Å². The first-order chi connectivity index (χ1) is 9.99. The summed E-state index contributed by atoms with van der Waals surface area (Å²) in [5, 5.41) is 1.97. The molecular formula is C16H9Cl3O2. The molecule has 3 rings (SSSR count). The van der Waals surface area contributed by atoms with Crippen LogP contribution in [0.3, 0.4) is 0 Å². The van der Waals surface area contributed by atoms with Crippen molar-refractivity contribution in [2.75, 3.05) is 0 Å². The second-order valence-corrected chi connectivity index (χ2v) is 5.88. The summed E-state index contributed by atoms with van der Waals surface area (Å²) in [6, 6.07) is 10.4. The summed E-state index contributed by atoms with van der Waals surface area (Å²) in [6.07, 6.45) is 0. The molecular weight excluding hydrogens is 331 g/mol. The minimum absolute atomic E-state index is 0.309. The van der Waals surface area contributed by atoms with Crippen molar-refractivity contribution in [1.29, 1.82) is 0 Å². The van der Waals surface area contributed by atoms with Gasteiger partial charge in [0.15, 0.2) is 5.58 Å². The maximum atomic E-state index is 12.3. The van der Waals surface area contributed by atoms with Gasteiger partial charge in [0.25, 0.3) is 0 Å². The Bertz CT molecular complexity index is 913. The monoisotopic (exact) mass is 338 g/mol. The van der Waals surface area contributed by atoms with Crippen molar-refractivity contribution in [2.45, 2.75) is 6.92 Å². The van der Waals surface area contributed by atoms with Crippen LogP contribution in [0.5, 0.6) is 0 Å². The minimum Gasteiger partial charge on any atom is -0.421 e. The fourth-order valence-corrected chi connectivity index (χ4v) is 3.11. The van der Waals surface area contributed by atoms with E-state index in [4.69, 9.17) is 39.2 Å². The highest BCUT2D eigenvalue weighted by molar-refractivity contribution is 6.38. The fourth-order valence-electron chi connectivity index (χ4n) is 2.35. The van der Waals surface area contributed by atoms with Crippen LogP contribution in [0.2, 0.25) is 15.1 Å². The SMILES string of the molecule is Cc1c(-c2ccccc2Cl)c(=O)oc2c(Cl)cc(Cl)cc12. The van der Waals surface area contributed by atoms with E-state index in [0.717, 1.165) is 5.56 Å². The van der Waals surface area contributed by atoms with Crippen molar-refractivity contribution in [1.82, 2.24) is 0 Å². The van der Waals surface area contributed by atoms with Gasteiger partial charge in [0.2, 0.25) is 0 Å². The smallest absolute Gasteiger partial charge is 0.344 e. The molecule has 3 aromatic rings. The lowest BCUT2D eigenvalue weighted by Gasteiger charge is -2.10. The molecule has 0 amide bonds. The van der Waals surface area contributed by atoms with Crippen LogP contribution in [0.4, 0.5) is 0 Å². The van der Waals surface area contributed by atoms with Gasteiger partial charge in [0.05, 0.1) is 10.6 Å². The van der Waals surface area contributed by atoms with Crippen molar-refractivity contribution in [3.05, 3.63) is 67.4 Å². The molecule has 0 radical (unpaired) electrons. The largest absolute Gasteiger partial charge is 0.421 e. The number of fused-ring (bicyclic) bond motifs is 1. The molecule has 0 spiro atoms. The average Bonchev–Trinajstić information content (AvgIpc) is 2.42. The third-order valence-electron chi connectivity index (χ3n) is 3.33. The second kappa shape index (κ2) is 5.38. The maximum absolute atomic E-state index is 12.3. The molecule has 106 valence electrons. The summed E-state index contributed by atoms with van der Waals surface area (Å²) < 4.78 is 5.36. The first kappa shape index (κ1) is 14.5. The Kier molecular flexibility index (Phi) is 3.70. The normalized spacial score (nSPS) is 11.0. The van der Waals surface area contributed by atoms with Gasteiger partial charge >= 0.3 is 5.63 Å². The summed E-state index contributed by atoms with van der Waals surface area (Å²) in [5.41, 5.74) is 1.64. The third kappa shape index (κ3) is 2.44. The lowest BCUT2D eigenvalue weighted by molar-refractivity contribution is 0.562. The predicted octanol–water partition coefficient (Wildman–Crippen LogP) is 5.73. The number of halogens is 3. The molecule has 1 aromatic heterocycles. The molecule has 0 unspecified atom stereocenters. The van der Waals surface area contributed by atoms with E-state index in [1.54, 1.807) is 30.3 Å². The van der Waals surface area contributed by atoms with E-state index in [2.05, 4.69) is 0 Å². The van der Waals surface area contributed by atoms with Crippen LogP contribution in [0, 0.1) is 6.92 Å². The molecule has 0 bridgehead atoms. The molecule has 0 saturated carbocycles. The van der Waals surface area contributed by atoms with E-state index in [9.17, 15) is 4.79 Å². The van der Waals surface area contributed by atoms with Gasteiger partial charge in [-0.05, 0) is 30.7 Å². The summed E-state index contributed by atoms with van der Waals surface area (Å²) in [6.45, 7) is 1.82. The summed E-state index contributed by atoms with van der Waals surface area (Å²) in [4.78, 5) is 12.3. The summed E-state index contributed by atoms with van der Waals surface area (Å²) >= 11 is 18.3. The molecule has 0 saturated heterocycles. The second-order valence-electron chi connectivity index (χ2n) is 4.63. The molecule has 0 aliphatic carbocycles. The third-order valence-corrected chi connectivity index (χ3v) is 4.16. The van der Waals surface area contributed by atoms with Gasteiger partial charge in [0.1, 0.15) is 0 Å². The van der Waals surface area contributed by atoms with Crippen molar-refractivity contribution < 1.29 is 4.42 Å². The lowest BCUT2D eigenvalue weighted by Crippen LogP contribution is -2.06. The van der Waals surface area contributed by atoms with Crippen LogP contribution >= 0.6 is 34.8 Å². The van der Waals surface area contributed by atoms with E-state index in [-0.39, 0.29) is 0 Å². The van der Waals surface area contributed by atoms with Crippen molar-refractivity contribution >= 4 is 45.8 Å². The standard InChI is InChI=1S/C16H9Cl3O2/c1-8-11-6-9(17)7-13(19)15(11)21-16(20)14(8)10-4-2-3-5-12(10)18/h2-7H,1H3. The van der Waals surface area contributed by atoms with Gasteiger partial charge in [-0.15, -0.1) is 0 Å². The zero-order valence-corrected chi connectivity index (χ0v) is 13.2. The average molecular weight is 340 g/mol. The highest BCUT2D eigenvalue weighted by Gasteiger charge is 2.17. The Hall–Kier alpha value is -1.48. The van der Waals surface area contributed by atoms with Crippen LogP contribution in [-0.4, -0.2) is 0 Å². The number of aryl methyl sites for hydroxylation is 1. The van der Waals surface area contributed by atoms with Crippen molar-refractivity contribution in [3.63, 3.8) is 0 Å². The van der Waals surface area contributed by atoms with Gasteiger partial charge in [-0.2, -0.15) is 0 Å². The molecule has 0 fully saturated rings. The minimum atomic E-state index is -0.475. The first-order valence-corrected chi connectivity index (χ1v) is 7.30. The Morgan fingerprint density at radius 3 is 2.43 bits per heavy atom. The molecule has 0 N–H and O–H groups in total. The predicted molar refractivity (Wildman–Crippen MR) is 87.7 cm³/mol. The molecule has 5 heteroatoms. The fraction of sp³-hybridized carbons (Fsp3) is 0.0625. The van der Waals surface area contributed by atoms with E-state index in [1.807, 2.05) is 13.0 Å². The highest BCUT2D eigenvalue weighted by atomic mass is 35.5. The lowest BCUT2D eigenvalue weighted by atomic mass is 9.99. The Labute approximate surface area is 135 Å². The molecule has 1 heterocycles. The van der Waals surface area contributed by atoms with Crippen molar-refractivity contribution in [3.8, 4) is 11.1 Å². The first-order valence-electron chi connectivity index (χ1n) is 6.16. The Morgan fingerprint density at radius 2 is 1.71 bits per heavy atom. The van der Waals surface area contributed by atoms with Crippen LogP contribution in [0.25, 0.3) is 22.1 Å². The number of benzene rings is 2. The molecule has 2 aromatic carbocycles. The van der Waals surface area contributed by atoms with Gasteiger partial charge < -0.3 is 4.42 Å². The molecule has 0 aliphatic heterocycles. The molecule has 0 atom stereocenters. The molecule has 0 aliphatic rings. The number of rotatable bonds is 1. The van der Waals surface area contributed by atoms with E-state index < -0.39 is 5.63 Å². The molecule has 21 heavy (non-hydrogen) atoms. The number of hydrogen-bond acceptors (Lipinski definition) is 2. The van der Waals surface area contributed by atoms with E-state index in [1.165, 1.54) is 0 Å². The van der Waals surface area contributed by atoms with Crippen LogP contribution in [-0.2, 0) is 0 Å². The zero-order chi connectivity index (χ0) is 15.1. The van der Waals surface area contributed by atoms with E-state index >= 15 is 0 Å². The Balaban J connectivity index is 2.46. The topological polar surface area (TPSA) is 30.2 Å². The number of hydrogen-bond donors (Lipinski definition) is 0. The van der Waals surface area contributed by atoms with Crippen LogP contribution in [0.1, 0.15) is 5.56 Å². The van der Waals surface area contributed by atoms with Crippen molar-refractivity contribution in [2.24, 2.45) is 0 Å². The Morgan fingerprint density at radius 1 is 1.00 bits per heavy atom. The van der Waals surface area contributed by atoms with Crippen LogP contribution in [0.15, 0.2) is 45.6 Å². The maximum Gasteiger partial charge on any atom is 0.344 e. The van der Waals surface area contributed by atoms with Gasteiger partial charge in [0, 0.05) is 21.0 Å². The quantitative estimate of drug-likeness (QED) is 0.530. The highest BCUT2D eigenvalue weighted by Crippen LogP contribution is 2.34.